The van der Waals surface area contributed by atoms with Crippen LogP contribution >= 0.6 is 0 Å². The monoisotopic (exact) mass is 443 g/mol. The first-order valence-corrected chi connectivity index (χ1v) is 11.9. The predicted octanol–water partition coefficient (Wildman–Crippen LogP) is 4.52. The summed E-state index contributed by atoms with van der Waals surface area (Å²) in [4.78, 5) is 26.3. The van der Waals surface area contributed by atoms with E-state index in [9.17, 15) is 4.79 Å². The van der Waals surface area contributed by atoms with Crippen molar-refractivity contribution in [3.8, 4) is 11.1 Å². The molecule has 0 atom stereocenters. The van der Waals surface area contributed by atoms with Gasteiger partial charge in [0.05, 0.1) is 0 Å². The van der Waals surface area contributed by atoms with E-state index < -0.39 is 0 Å². The van der Waals surface area contributed by atoms with Crippen molar-refractivity contribution in [2.75, 3.05) is 36.0 Å². The topological polar surface area (TPSA) is 61.4 Å². The molecular formula is C27H33N5O. The Balaban J connectivity index is 1.25. The zero-order valence-corrected chi connectivity index (χ0v) is 19.6. The van der Waals surface area contributed by atoms with Crippen LogP contribution in [0.3, 0.4) is 0 Å². The summed E-state index contributed by atoms with van der Waals surface area (Å²) in [6, 6.07) is 18.6. The fourth-order valence-electron chi connectivity index (χ4n) is 4.35. The largest absolute Gasteiger partial charge is 0.372 e. The number of aromatic nitrogens is 2. The molecule has 1 amide bonds. The molecule has 33 heavy (non-hydrogen) atoms. The van der Waals surface area contributed by atoms with Gasteiger partial charge in [-0.2, -0.15) is 0 Å². The summed E-state index contributed by atoms with van der Waals surface area (Å²) in [7, 11) is 0. The molecule has 0 unspecified atom stereocenters. The van der Waals surface area contributed by atoms with Crippen LogP contribution in [0.1, 0.15) is 32.3 Å². The zero-order valence-electron chi connectivity index (χ0n) is 19.6. The lowest BCUT2D eigenvalue weighted by Gasteiger charge is -2.31. The molecule has 4 rings (SSSR count). The Bertz CT molecular complexity index is 1010. The van der Waals surface area contributed by atoms with Crippen LogP contribution in [0.4, 0.5) is 11.6 Å². The highest BCUT2D eigenvalue weighted by molar-refractivity contribution is 5.79. The van der Waals surface area contributed by atoms with Crippen molar-refractivity contribution in [3.05, 3.63) is 72.6 Å². The van der Waals surface area contributed by atoms with Crippen molar-refractivity contribution in [2.24, 2.45) is 5.92 Å². The standard InChI is InChI=1S/C27H33N5O/c1-3-31(4-2)25-12-10-21(11-13-25)18-28-26(33)23-14-16-32(17-15-23)27-29-19-24(20-30-27)22-8-6-5-7-9-22/h5-13,19-20,23H,3-4,14-18H2,1-2H3,(H,28,33). The summed E-state index contributed by atoms with van der Waals surface area (Å²) < 4.78 is 0. The van der Waals surface area contributed by atoms with Gasteiger partial charge >= 0.3 is 0 Å². The molecule has 1 aromatic heterocycles. The summed E-state index contributed by atoms with van der Waals surface area (Å²) in [6.07, 6.45) is 5.39. The maximum absolute atomic E-state index is 12.7. The molecule has 6 heteroatoms. The van der Waals surface area contributed by atoms with Gasteiger partial charge < -0.3 is 15.1 Å². The van der Waals surface area contributed by atoms with Crippen molar-refractivity contribution >= 4 is 17.5 Å². The Labute approximate surface area is 196 Å². The van der Waals surface area contributed by atoms with Crippen LogP contribution < -0.4 is 15.1 Å². The number of nitrogens with one attached hydrogen (secondary N) is 1. The summed E-state index contributed by atoms with van der Waals surface area (Å²) in [5.41, 5.74) is 4.48. The molecule has 2 heterocycles. The summed E-state index contributed by atoms with van der Waals surface area (Å²) in [5.74, 6) is 0.921. The quantitative estimate of drug-likeness (QED) is 0.555. The Morgan fingerprint density at radius 3 is 2.18 bits per heavy atom. The lowest BCUT2D eigenvalue weighted by Crippen LogP contribution is -2.41. The Kier molecular flexibility index (Phi) is 7.55. The second kappa shape index (κ2) is 10.9. The molecule has 1 saturated heterocycles. The van der Waals surface area contributed by atoms with Gasteiger partial charge in [0.2, 0.25) is 11.9 Å². The summed E-state index contributed by atoms with van der Waals surface area (Å²) in [5, 5.41) is 3.12. The minimum atomic E-state index is 0.0415. The molecule has 6 nitrogen and oxygen atoms in total. The van der Waals surface area contributed by atoms with Crippen molar-refractivity contribution in [1.82, 2.24) is 15.3 Å². The second-order valence-electron chi connectivity index (χ2n) is 8.46. The third kappa shape index (κ3) is 5.69. The number of nitrogens with zero attached hydrogens (tertiary/aromatic N) is 4. The van der Waals surface area contributed by atoms with Gasteiger partial charge in [0.25, 0.3) is 0 Å². The van der Waals surface area contributed by atoms with Crippen molar-refractivity contribution < 1.29 is 4.79 Å². The number of piperidine rings is 1. The number of hydrogen-bond acceptors (Lipinski definition) is 5. The van der Waals surface area contributed by atoms with E-state index in [2.05, 4.69) is 75.3 Å². The molecule has 0 aliphatic carbocycles. The lowest BCUT2D eigenvalue weighted by atomic mass is 9.96. The number of hydrogen-bond donors (Lipinski definition) is 1. The van der Waals surface area contributed by atoms with Gasteiger partial charge in [-0.15, -0.1) is 0 Å². The highest BCUT2D eigenvalue weighted by Gasteiger charge is 2.26. The van der Waals surface area contributed by atoms with Crippen LogP contribution in [0.5, 0.6) is 0 Å². The SMILES string of the molecule is CCN(CC)c1ccc(CNC(=O)C2CCN(c3ncc(-c4ccccc4)cn3)CC2)cc1. The van der Waals surface area contributed by atoms with E-state index >= 15 is 0 Å². The number of rotatable bonds is 8. The molecule has 0 saturated carbocycles. The van der Waals surface area contributed by atoms with Gasteiger partial charge in [0.1, 0.15) is 0 Å². The van der Waals surface area contributed by atoms with E-state index in [1.54, 1.807) is 0 Å². The first kappa shape index (κ1) is 22.8. The molecule has 0 bridgehead atoms. The van der Waals surface area contributed by atoms with Crippen LogP contribution in [0, 0.1) is 5.92 Å². The van der Waals surface area contributed by atoms with E-state index in [1.165, 1.54) is 5.69 Å². The molecule has 0 spiro atoms. The molecule has 2 aromatic carbocycles. The summed E-state index contributed by atoms with van der Waals surface area (Å²) >= 11 is 0. The highest BCUT2D eigenvalue weighted by atomic mass is 16.1. The van der Waals surface area contributed by atoms with Crippen LogP contribution in [0.25, 0.3) is 11.1 Å². The minimum Gasteiger partial charge on any atom is -0.372 e. The number of benzene rings is 2. The van der Waals surface area contributed by atoms with Gasteiger partial charge in [-0.1, -0.05) is 42.5 Å². The molecule has 1 aliphatic heterocycles. The van der Waals surface area contributed by atoms with Crippen LogP contribution in [0.2, 0.25) is 0 Å². The molecule has 172 valence electrons. The van der Waals surface area contributed by atoms with Crippen molar-refractivity contribution in [1.29, 1.82) is 0 Å². The van der Waals surface area contributed by atoms with Crippen molar-refractivity contribution in [3.63, 3.8) is 0 Å². The fourth-order valence-corrected chi connectivity index (χ4v) is 4.35. The first-order valence-electron chi connectivity index (χ1n) is 11.9. The van der Waals surface area contributed by atoms with E-state index in [-0.39, 0.29) is 11.8 Å². The Morgan fingerprint density at radius 1 is 0.939 bits per heavy atom. The fraction of sp³-hybridized carbons (Fsp3) is 0.370. The molecule has 0 radical (unpaired) electrons. The third-order valence-electron chi connectivity index (χ3n) is 6.43. The maximum Gasteiger partial charge on any atom is 0.225 e. The van der Waals surface area contributed by atoms with Crippen LogP contribution in [-0.2, 0) is 11.3 Å². The van der Waals surface area contributed by atoms with E-state index in [4.69, 9.17) is 0 Å². The lowest BCUT2D eigenvalue weighted by molar-refractivity contribution is -0.125. The van der Waals surface area contributed by atoms with E-state index in [0.29, 0.717) is 6.54 Å². The first-order chi connectivity index (χ1) is 16.2. The van der Waals surface area contributed by atoms with Gasteiger partial charge in [-0.25, -0.2) is 9.97 Å². The average molecular weight is 444 g/mol. The number of carbonyl (C=O) groups excluding carboxylic acids is 1. The molecular weight excluding hydrogens is 410 g/mol. The Hall–Kier alpha value is -3.41. The summed E-state index contributed by atoms with van der Waals surface area (Å²) in [6.45, 7) is 8.47. The normalized spacial score (nSPS) is 14.2. The average Bonchev–Trinajstić information content (AvgIpc) is 2.89. The maximum atomic E-state index is 12.7. The van der Waals surface area contributed by atoms with Crippen LogP contribution in [-0.4, -0.2) is 42.1 Å². The molecule has 1 fully saturated rings. The molecule has 1 N–H and O–H groups in total. The third-order valence-corrected chi connectivity index (χ3v) is 6.43. The highest BCUT2D eigenvalue weighted by Crippen LogP contribution is 2.23. The van der Waals surface area contributed by atoms with Gasteiger partial charge in [-0.05, 0) is 49.9 Å². The number of carbonyl (C=O) groups is 1. The van der Waals surface area contributed by atoms with Gasteiger partial charge in [0, 0.05) is 62.3 Å². The zero-order chi connectivity index (χ0) is 23.0. The van der Waals surface area contributed by atoms with Crippen LogP contribution in [0.15, 0.2) is 67.0 Å². The predicted molar refractivity (Wildman–Crippen MR) is 134 cm³/mol. The smallest absolute Gasteiger partial charge is 0.225 e. The number of anilines is 2. The molecule has 1 aliphatic rings. The molecule has 3 aromatic rings. The second-order valence-corrected chi connectivity index (χ2v) is 8.46. The number of amides is 1. The van der Waals surface area contributed by atoms with E-state index in [1.807, 2.05) is 30.6 Å². The van der Waals surface area contributed by atoms with Gasteiger partial charge in [0.15, 0.2) is 0 Å². The van der Waals surface area contributed by atoms with E-state index in [0.717, 1.165) is 61.7 Å². The van der Waals surface area contributed by atoms with Gasteiger partial charge in [-0.3, -0.25) is 4.79 Å². The Morgan fingerprint density at radius 2 is 1.58 bits per heavy atom. The minimum absolute atomic E-state index is 0.0415. The van der Waals surface area contributed by atoms with Crippen molar-refractivity contribution in [2.45, 2.75) is 33.2 Å².